The van der Waals surface area contributed by atoms with Crippen LogP contribution in [0.3, 0.4) is 0 Å². The number of carbonyl (C=O) groups is 2. The third-order valence-corrected chi connectivity index (χ3v) is 2.38. The number of esters is 2. The lowest BCUT2D eigenvalue weighted by Gasteiger charge is -2.11. The SMILES string of the molecule is COc1ccc(COC(=O)C[C@@H](C)OC(C)=O)cc1. The van der Waals surface area contributed by atoms with E-state index < -0.39 is 18.0 Å². The van der Waals surface area contributed by atoms with E-state index in [4.69, 9.17) is 14.2 Å². The first-order chi connectivity index (χ1) is 9.01. The van der Waals surface area contributed by atoms with Crippen molar-refractivity contribution in [3.05, 3.63) is 29.8 Å². The Bertz CT molecular complexity index is 424. The molecule has 1 aromatic rings. The second-order valence-corrected chi connectivity index (χ2v) is 4.13. The summed E-state index contributed by atoms with van der Waals surface area (Å²) in [4.78, 5) is 22.2. The summed E-state index contributed by atoms with van der Waals surface area (Å²) in [5.74, 6) is -0.0569. The molecule has 0 amide bonds. The van der Waals surface area contributed by atoms with Gasteiger partial charge in [0.1, 0.15) is 18.5 Å². The lowest BCUT2D eigenvalue weighted by atomic mass is 10.2. The Kier molecular flexibility index (Phi) is 5.85. The number of methoxy groups -OCH3 is 1. The number of hydrogen-bond acceptors (Lipinski definition) is 5. The zero-order chi connectivity index (χ0) is 14.3. The average molecular weight is 266 g/mol. The minimum Gasteiger partial charge on any atom is -0.497 e. The van der Waals surface area contributed by atoms with Crippen LogP contribution in [0.15, 0.2) is 24.3 Å². The fourth-order valence-corrected chi connectivity index (χ4v) is 1.50. The first-order valence-corrected chi connectivity index (χ1v) is 5.97. The highest BCUT2D eigenvalue weighted by molar-refractivity contribution is 5.71. The van der Waals surface area contributed by atoms with Gasteiger partial charge in [-0.2, -0.15) is 0 Å². The maximum absolute atomic E-state index is 11.5. The highest BCUT2D eigenvalue weighted by Crippen LogP contribution is 2.12. The van der Waals surface area contributed by atoms with Gasteiger partial charge in [-0.25, -0.2) is 0 Å². The molecular formula is C14H18O5. The first kappa shape index (κ1) is 15.0. The number of benzene rings is 1. The van der Waals surface area contributed by atoms with Crippen LogP contribution in [0.5, 0.6) is 5.75 Å². The van der Waals surface area contributed by atoms with E-state index >= 15 is 0 Å². The Morgan fingerprint density at radius 2 is 1.84 bits per heavy atom. The van der Waals surface area contributed by atoms with Crippen molar-refractivity contribution in [1.29, 1.82) is 0 Å². The summed E-state index contributed by atoms with van der Waals surface area (Å²) in [6, 6.07) is 7.23. The summed E-state index contributed by atoms with van der Waals surface area (Å²) in [7, 11) is 1.59. The molecule has 0 N–H and O–H groups in total. The van der Waals surface area contributed by atoms with Gasteiger partial charge in [-0.1, -0.05) is 12.1 Å². The van der Waals surface area contributed by atoms with Gasteiger partial charge in [0.05, 0.1) is 13.5 Å². The Hall–Kier alpha value is -2.04. The molecular weight excluding hydrogens is 248 g/mol. The monoisotopic (exact) mass is 266 g/mol. The highest BCUT2D eigenvalue weighted by atomic mass is 16.6. The van der Waals surface area contributed by atoms with Gasteiger partial charge in [-0.05, 0) is 24.6 Å². The van der Waals surface area contributed by atoms with Crippen LogP contribution >= 0.6 is 0 Å². The van der Waals surface area contributed by atoms with Gasteiger partial charge in [0, 0.05) is 6.92 Å². The van der Waals surface area contributed by atoms with Crippen LogP contribution in [0.2, 0.25) is 0 Å². The van der Waals surface area contributed by atoms with Crippen LogP contribution in [-0.2, 0) is 25.7 Å². The minimum absolute atomic E-state index is 0.0513. The molecule has 0 heterocycles. The molecule has 0 radical (unpaired) electrons. The van der Waals surface area contributed by atoms with Crippen LogP contribution in [0.25, 0.3) is 0 Å². The van der Waals surface area contributed by atoms with Crippen molar-refractivity contribution in [2.45, 2.75) is 33.0 Å². The van der Waals surface area contributed by atoms with E-state index in [1.165, 1.54) is 6.92 Å². The molecule has 0 aliphatic heterocycles. The molecule has 104 valence electrons. The maximum atomic E-state index is 11.5. The molecule has 0 aromatic heterocycles. The third-order valence-electron chi connectivity index (χ3n) is 2.38. The molecule has 0 fully saturated rings. The normalized spacial score (nSPS) is 11.5. The lowest BCUT2D eigenvalue weighted by molar-refractivity contribution is -0.153. The van der Waals surface area contributed by atoms with E-state index in [2.05, 4.69) is 0 Å². The molecule has 1 atom stereocenters. The molecule has 0 spiro atoms. The lowest BCUT2D eigenvalue weighted by Crippen LogP contribution is -2.18. The summed E-state index contributed by atoms with van der Waals surface area (Å²) in [5, 5.41) is 0. The third kappa shape index (κ3) is 5.90. The van der Waals surface area contributed by atoms with Crippen molar-refractivity contribution in [3.63, 3.8) is 0 Å². The van der Waals surface area contributed by atoms with Crippen LogP contribution in [0, 0.1) is 0 Å². The maximum Gasteiger partial charge on any atom is 0.309 e. The second-order valence-electron chi connectivity index (χ2n) is 4.13. The smallest absolute Gasteiger partial charge is 0.309 e. The van der Waals surface area contributed by atoms with Gasteiger partial charge in [-0.3, -0.25) is 9.59 Å². The van der Waals surface area contributed by atoms with Gasteiger partial charge in [0.25, 0.3) is 0 Å². The van der Waals surface area contributed by atoms with E-state index in [0.717, 1.165) is 11.3 Å². The second kappa shape index (κ2) is 7.41. The van der Waals surface area contributed by atoms with Crippen molar-refractivity contribution >= 4 is 11.9 Å². The topological polar surface area (TPSA) is 61.8 Å². The molecule has 1 rings (SSSR count). The minimum atomic E-state index is -0.471. The molecule has 0 aliphatic carbocycles. The molecule has 5 heteroatoms. The average Bonchev–Trinajstić information content (AvgIpc) is 2.36. The fraction of sp³-hybridized carbons (Fsp3) is 0.429. The standard InChI is InChI=1S/C14H18O5/c1-10(19-11(2)15)8-14(16)18-9-12-4-6-13(17-3)7-5-12/h4-7,10H,8-9H2,1-3H3/t10-/m1/s1. The van der Waals surface area contributed by atoms with E-state index in [-0.39, 0.29) is 13.0 Å². The van der Waals surface area contributed by atoms with Crippen molar-refractivity contribution < 1.29 is 23.8 Å². The summed E-state index contributed by atoms with van der Waals surface area (Å²) in [6.07, 6.45) is -0.420. The molecule has 0 aliphatic rings. The predicted molar refractivity (Wildman–Crippen MR) is 68.6 cm³/mol. The number of rotatable bonds is 6. The van der Waals surface area contributed by atoms with Crippen LogP contribution in [-0.4, -0.2) is 25.2 Å². The van der Waals surface area contributed by atoms with Crippen LogP contribution in [0.1, 0.15) is 25.8 Å². The van der Waals surface area contributed by atoms with Crippen LogP contribution < -0.4 is 4.74 Å². The zero-order valence-electron chi connectivity index (χ0n) is 11.3. The summed E-state index contributed by atoms with van der Waals surface area (Å²) < 4.78 is 15.0. The Morgan fingerprint density at radius 1 is 1.21 bits per heavy atom. The summed E-state index contributed by atoms with van der Waals surface area (Å²) in [5.41, 5.74) is 0.870. The van der Waals surface area contributed by atoms with Gasteiger partial charge in [0.15, 0.2) is 0 Å². The fourth-order valence-electron chi connectivity index (χ4n) is 1.50. The van der Waals surface area contributed by atoms with Gasteiger partial charge in [-0.15, -0.1) is 0 Å². The van der Waals surface area contributed by atoms with Gasteiger partial charge < -0.3 is 14.2 Å². The van der Waals surface area contributed by atoms with Crippen molar-refractivity contribution in [3.8, 4) is 5.75 Å². The van der Waals surface area contributed by atoms with Crippen molar-refractivity contribution in [2.24, 2.45) is 0 Å². The molecule has 1 aromatic carbocycles. The number of ether oxygens (including phenoxy) is 3. The Morgan fingerprint density at radius 3 is 2.37 bits per heavy atom. The van der Waals surface area contributed by atoms with E-state index in [1.54, 1.807) is 26.2 Å². The van der Waals surface area contributed by atoms with E-state index in [1.807, 2.05) is 12.1 Å². The molecule has 19 heavy (non-hydrogen) atoms. The molecule has 0 bridgehead atoms. The van der Waals surface area contributed by atoms with E-state index in [9.17, 15) is 9.59 Å². The van der Waals surface area contributed by atoms with Gasteiger partial charge >= 0.3 is 11.9 Å². The zero-order valence-corrected chi connectivity index (χ0v) is 11.3. The van der Waals surface area contributed by atoms with Crippen molar-refractivity contribution in [1.82, 2.24) is 0 Å². The Labute approximate surface area is 112 Å². The number of carbonyl (C=O) groups excluding carboxylic acids is 2. The molecule has 0 saturated carbocycles. The largest absolute Gasteiger partial charge is 0.497 e. The molecule has 0 unspecified atom stereocenters. The van der Waals surface area contributed by atoms with Crippen molar-refractivity contribution in [2.75, 3.05) is 7.11 Å². The number of hydrogen-bond donors (Lipinski definition) is 0. The molecule has 0 saturated heterocycles. The highest BCUT2D eigenvalue weighted by Gasteiger charge is 2.12. The quantitative estimate of drug-likeness (QED) is 0.738. The van der Waals surface area contributed by atoms with Gasteiger partial charge in [0.2, 0.25) is 0 Å². The summed E-state index contributed by atoms with van der Waals surface area (Å²) >= 11 is 0. The van der Waals surface area contributed by atoms with Crippen LogP contribution in [0.4, 0.5) is 0 Å². The predicted octanol–water partition coefficient (Wildman–Crippen LogP) is 2.08. The summed E-state index contributed by atoms with van der Waals surface area (Å²) in [6.45, 7) is 3.14. The first-order valence-electron chi connectivity index (χ1n) is 5.97. The molecule has 5 nitrogen and oxygen atoms in total. The van der Waals surface area contributed by atoms with E-state index in [0.29, 0.717) is 0 Å². The Balaban J connectivity index is 2.34.